The summed E-state index contributed by atoms with van der Waals surface area (Å²) in [6.45, 7) is 7.32. The number of carbonyl (C=O) groups excluding carboxylic acids is 1. The monoisotopic (exact) mass is 431 g/mol. The van der Waals surface area contributed by atoms with Gasteiger partial charge >= 0.3 is 0 Å². The lowest BCUT2D eigenvalue weighted by Crippen LogP contribution is -2.43. The number of rotatable bonds is 6. The number of likely N-dealkylation sites (tertiary alicyclic amines) is 1. The Morgan fingerprint density at radius 2 is 2.15 bits per heavy atom. The molecule has 1 atom stereocenters. The number of carbonyl (C=O) groups is 1. The number of hydrogen-bond donors (Lipinski definition) is 1. The number of pyridine rings is 1. The van der Waals surface area contributed by atoms with Crippen LogP contribution in [0, 0.1) is 5.92 Å². The van der Waals surface area contributed by atoms with Crippen LogP contribution in [-0.4, -0.2) is 41.5 Å². The first kappa shape index (κ1) is 19.8. The highest BCUT2D eigenvalue weighted by atomic mass is 79.9. The van der Waals surface area contributed by atoms with Crippen LogP contribution in [0.5, 0.6) is 11.5 Å². The fraction of sp³-hybridized carbons (Fsp3) is 0.429. The van der Waals surface area contributed by atoms with Gasteiger partial charge in [0.15, 0.2) is 0 Å². The van der Waals surface area contributed by atoms with Crippen LogP contribution in [-0.2, 0) is 0 Å². The third-order valence-corrected chi connectivity index (χ3v) is 5.32. The molecule has 27 heavy (non-hydrogen) atoms. The highest BCUT2D eigenvalue weighted by Crippen LogP contribution is 2.24. The molecule has 0 aliphatic carbocycles. The Hall–Kier alpha value is -1.92. The minimum Gasteiger partial charge on any atom is -0.457 e. The Balaban J connectivity index is 1.57. The summed E-state index contributed by atoms with van der Waals surface area (Å²) in [5.74, 6) is 1.64. The number of amides is 1. The number of halogens is 1. The minimum absolute atomic E-state index is 0.156. The molecule has 144 valence electrons. The zero-order valence-electron chi connectivity index (χ0n) is 15.8. The Morgan fingerprint density at radius 3 is 2.93 bits per heavy atom. The molecule has 6 heteroatoms. The van der Waals surface area contributed by atoms with Gasteiger partial charge in [-0.1, -0.05) is 22.0 Å². The summed E-state index contributed by atoms with van der Waals surface area (Å²) in [5, 5.41) is 3.04. The molecule has 0 unspecified atom stereocenters. The van der Waals surface area contributed by atoms with Gasteiger partial charge in [-0.15, -0.1) is 0 Å². The van der Waals surface area contributed by atoms with Crippen LogP contribution < -0.4 is 10.1 Å². The van der Waals surface area contributed by atoms with E-state index in [1.807, 2.05) is 24.3 Å². The standard InChI is InChI=1S/C21H26BrN3O2/c1-15(2)25-10-4-5-16(14-25)13-24-21(26)20-12-19(8-9-23-20)27-18-7-3-6-17(22)11-18/h3,6-9,11-12,15-16H,4-5,10,13-14H2,1-2H3,(H,24,26)/t16-/m1/s1. The summed E-state index contributed by atoms with van der Waals surface area (Å²) in [6.07, 6.45) is 3.94. The largest absolute Gasteiger partial charge is 0.457 e. The number of piperidine rings is 1. The van der Waals surface area contributed by atoms with Gasteiger partial charge < -0.3 is 15.0 Å². The van der Waals surface area contributed by atoms with Crippen LogP contribution in [0.3, 0.4) is 0 Å². The first-order valence-electron chi connectivity index (χ1n) is 9.43. The van der Waals surface area contributed by atoms with Gasteiger partial charge in [0.2, 0.25) is 0 Å². The molecule has 1 fully saturated rings. The van der Waals surface area contributed by atoms with Crippen molar-refractivity contribution in [2.45, 2.75) is 32.7 Å². The summed E-state index contributed by atoms with van der Waals surface area (Å²) in [6, 6.07) is 11.6. The van der Waals surface area contributed by atoms with Crippen LogP contribution in [0.25, 0.3) is 0 Å². The average Bonchev–Trinajstić information content (AvgIpc) is 2.66. The molecular formula is C21H26BrN3O2. The molecule has 1 aromatic carbocycles. The van der Waals surface area contributed by atoms with Crippen molar-refractivity contribution in [3.05, 3.63) is 52.8 Å². The second-order valence-electron chi connectivity index (χ2n) is 7.24. The van der Waals surface area contributed by atoms with E-state index in [0.29, 0.717) is 35.7 Å². The van der Waals surface area contributed by atoms with Crippen LogP contribution in [0.2, 0.25) is 0 Å². The first-order chi connectivity index (χ1) is 13.0. The van der Waals surface area contributed by atoms with E-state index in [1.54, 1.807) is 18.3 Å². The summed E-state index contributed by atoms with van der Waals surface area (Å²) in [5.41, 5.74) is 0.374. The highest BCUT2D eigenvalue weighted by molar-refractivity contribution is 9.10. The van der Waals surface area contributed by atoms with Crippen LogP contribution >= 0.6 is 15.9 Å². The van der Waals surface area contributed by atoms with Crippen molar-refractivity contribution < 1.29 is 9.53 Å². The second kappa shape index (κ2) is 9.33. The maximum Gasteiger partial charge on any atom is 0.270 e. The minimum atomic E-state index is -0.156. The Labute approximate surface area is 169 Å². The number of benzene rings is 1. The van der Waals surface area contributed by atoms with Gasteiger partial charge in [-0.25, -0.2) is 0 Å². The van der Waals surface area contributed by atoms with Crippen molar-refractivity contribution in [2.24, 2.45) is 5.92 Å². The fourth-order valence-corrected chi connectivity index (χ4v) is 3.70. The molecule has 1 amide bonds. The van der Waals surface area contributed by atoms with Gasteiger partial charge in [0.25, 0.3) is 5.91 Å². The third-order valence-electron chi connectivity index (χ3n) is 4.83. The molecule has 1 aliphatic rings. The smallest absolute Gasteiger partial charge is 0.270 e. The summed E-state index contributed by atoms with van der Waals surface area (Å²) in [7, 11) is 0. The third kappa shape index (κ3) is 5.78. The molecule has 0 spiro atoms. The van der Waals surface area contributed by atoms with E-state index in [9.17, 15) is 4.79 Å². The van der Waals surface area contributed by atoms with Gasteiger partial charge in [-0.2, -0.15) is 0 Å². The molecular weight excluding hydrogens is 406 g/mol. The number of aromatic nitrogens is 1. The summed E-state index contributed by atoms with van der Waals surface area (Å²) in [4.78, 5) is 19.2. The van der Waals surface area contributed by atoms with Gasteiger partial charge in [0.1, 0.15) is 17.2 Å². The SMILES string of the molecule is CC(C)N1CCC[C@H](CNC(=O)c2cc(Oc3cccc(Br)c3)ccn2)C1. The number of nitrogens with zero attached hydrogens (tertiary/aromatic N) is 2. The van der Waals surface area contributed by atoms with Gasteiger partial charge in [0.05, 0.1) is 0 Å². The van der Waals surface area contributed by atoms with E-state index in [4.69, 9.17) is 4.74 Å². The zero-order chi connectivity index (χ0) is 19.2. The van der Waals surface area contributed by atoms with E-state index in [2.05, 4.69) is 45.0 Å². The van der Waals surface area contributed by atoms with E-state index in [0.717, 1.165) is 24.0 Å². The molecule has 0 bridgehead atoms. The van der Waals surface area contributed by atoms with E-state index in [1.165, 1.54) is 6.42 Å². The lowest BCUT2D eigenvalue weighted by Gasteiger charge is -2.35. The number of ether oxygens (including phenoxy) is 1. The van der Waals surface area contributed by atoms with Crippen molar-refractivity contribution in [1.29, 1.82) is 0 Å². The van der Waals surface area contributed by atoms with Gasteiger partial charge in [0, 0.05) is 35.9 Å². The molecule has 2 heterocycles. The molecule has 1 aromatic heterocycles. The van der Waals surface area contributed by atoms with Crippen LogP contribution in [0.1, 0.15) is 37.2 Å². The molecule has 1 aliphatic heterocycles. The summed E-state index contributed by atoms with van der Waals surface area (Å²) >= 11 is 3.42. The molecule has 3 rings (SSSR count). The first-order valence-corrected chi connectivity index (χ1v) is 10.2. The quantitative estimate of drug-likeness (QED) is 0.731. The highest BCUT2D eigenvalue weighted by Gasteiger charge is 2.22. The van der Waals surface area contributed by atoms with Crippen LogP contribution in [0.4, 0.5) is 0 Å². The molecule has 0 radical (unpaired) electrons. The summed E-state index contributed by atoms with van der Waals surface area (Å²) < 4.78 is 6.77. The lowest BCUT2D eigenvalue weighted by molar-refractivity contribution is 0.0917. The van der Waals surface area contributed by atoms with Crippen molar-refractivity contribution in [3.8, 4) is 11.5 Å². The molecule has 1 N–H and O–H groups in total. The van der Waals surface area contributed by atoms with Gasteiger partial charge in [-0.05, 0) is 63.4 Å². The average molecular weight is 432 g/mol. The van der Waals surface area contributed by atoms with Crippen molar-refractivity contribution in [2.75, 3.05) is 19.6 Å². The number of hydrogen-bond acceptors (Lipinski definition) is 4. The second-order valence-corrected chi connectivity index (χ2v) is 8.16. The predicted octanol–water partition coefficient (Wildman–Crippen LogP) is 4.49. The van der Waals surface area contributed by atoms with Crippen LogP contribution in [0.15, 0.2) is 47.1 Å². The lowest BCUT2D eigenvalue weighted by atomic mass is 9.97. The zero-order valence-corrected chi connectivity index (χ0v) is 17.4. The Morgan fingerprint density at radius 1 is 1.33 bits per heavy atom. The Bertz CT molecular complexity index is 782. The van der Waals surface area contributed by atoms with Crippen molar-refractivity contribution in [3.63, 3.8) is 0 Å². The van der Waals surface area contributed by atoms with Crippen molar-refractivity contribution in [1.82, 2.24) is 15.2 Å². The molecule has 0 saturated carbocycles. The van der Waals surface area contributed by atoms with Gasteiger partial charge in [-0.3, -0.25) is 9.78 Å². The van der Waals surface area contributed by atoms with E-state index in [-0.39, 0.29) is 5.91 Å². The normalized spacial score (nSPS) is 17.7. The van der Waals surface area contributed by atoms with E-state index >= 15 is 0 Å². The molecule has 1 saturated heterocycles. The topological polar surface area (TPSA) is 54.5 Å². The van der Waals surface area contributed by atoms with Crippen molar-refractivity contribution >= 4 is 21.8 Å². The maximum absolute atomic E-state index is 12.5. The Kier molecular flexibility index (Phi) is 6.85. The molecule has 5 nitrogen and oxygen atoms in total. The fourth-order valence-electron chi connectivity index (χ4n) is 3.33. The number of nitrogens with one attached hydrogen (secondary N) is 1. The molecule has 2 aromatic rings. The predicted molar refractivity (Wildman–Crippen MR) is 110 cm³/mol. The maximum atomic E-state index is 12.5. The van der Waals surface area contributed by atoms with E-state index < -0.39 is 0 Å².